The molecule has 0 radical (unpaired) electrons. The summed E-state index contributed by atoms with van der Waals surface area (Å²) in [5.74, 6) is 0. The summed E-state index contributed by atoms with van der Waals surface area (Å²) in [4.78, 5) is 2.60. The van der Waals surface area contributed by atoms with Gasteiger partial charge in [-0.1, -0.05) is 26.7 Å². The highest BCUT2D eigenvalue weighted by atomic mass is 15.1. The molecule has 0 aromatic rings. The second kappa shape index (κ2) is 8.93. The van der Waals surface area contributed by atoms with E-state index >= 15 is 0 Å². The van der Waals surface area contributed by atoms with Gasteiger partial charge >= 0.3 is 0 Å². The molecule has 0 aromatic heterocycles. The van der Waals surface area contributed by atoms with Crippen molar-refractivity contribution in [1.29, 1.82) is 0 Å². The quantitative estimate of drug-likeness (QED) is 0.654. The average molecular weight is 240 g/mol. The highest BCUT2D eigenvalue weighted by molar-refractivity contribution is 4.81. The molecular formula is C15H32N2. The third-order valence-electron chi connectivity index (χ3n) is 4.12. The van der Waals surface area contributed by atoms with Gasteiger partial charge in [0.05, 0.1) is 0 Å². The van der Waals surface area contributed by atoms with Crippen LogP contribution < -0.4 is 5.32 Å². The van der Waals surface area contributed by atoms with Gasteiger partial charge in [0, 0.05) is 12.1 Å². The van der Waals surface area contributed by atoms with Crippen LogP contribution in [-0.4, -0.2) is 37.1 Å². The van der Waals surface area contributed by atoms with Crippen molar-refractivity contribution in [3.8, 4) is 0 Å². The second-order valence-corrected chi connectivity index (χ2v) is 5.65. The molecule has 1 saturated carbocycles. The predicted molar refractivity (Wildman–Crippen MR) is 76.5 cm³/mol. The van der Waals surface area contributed by atoms with Gasteiger partial charge in [0.25, 0.3) is 0 Å². The van der Waals surface area contributed by atoms with Gasteiger partial charge in [-0.05, 0) is 58.7 Å². The van der Waals surface area contributed by atoms with Gasteiger partial charge in [0.15, 0.2) is 0 Å². The molecule has 102 valence electrons. The largest absolute Gasteiger partial charge is 0.314 e. The molecule has 0 amide bonds. The van der Waals surface area contributed by atoms with Gasteiger partial charge < -0.3 is 10.2 Å². The molecule has 0 saturated heterocycles. The lowest BCUT2D eigenvalue weighted by Gasteiger charge is -2.35. The Morgan fingerprint density at radius 3 is 2.29 bits per heavy atom. The fraction of sp³-hybridized carbons (Fsp3) is 1.00. The average Bonchev–Trinajstić information content (AvgIpc) is 2.37. The second-order valence-electron chi connectivity index (χ2n) is 5.65. The first kappa shape index (κ1) is 15.0. The molecule has 17 heavy (non-hydrogen) atoms. The number of hydrogen-bond donors (Lipinski definition) is 1. The maximum Gasteiger partial charge on any atom is 0.00933 e. The van der Waals surface area contributed by atoms with Gasteiger partial charge in [0.2, 0.25) is 0 Å². The molecule has 1 rings (SSSR count). The fourth-order valence-corrected chi connectivity index (χ4v) is 2.86. The molecule has 2 nitrogen and oxygen atoms in total. The van der Waals surface area contributed by atoms with Crippen molar-refractivity contribution in [1.82, 2.24) is 10.2 Å². The normalized spacial score (nSPS) is 25.4. The number of nitrogens with one attached hydrogen (secondary N) is 1. The molecular weight excluding hydrogens is 208 g/mol. The van der Waals surface area contributed by atoms with E-state index < -0.39 is 0 Å². The number of unbranched alkanes of at least 4 members (excludes halogenated alkanes) is 2. The maximum atomic E-state index is 3.66. The van der Waals surface area contributed by atoms with E-state index in [1.165, 1.54) is 64.5 Å². The summed E-state index contributed by atoms with van der Waals surface area (Å²) in [6.07, 6.45) is 10.9. The summed E-state index contributed by atoms with van der Waals surface area (Å²) in [6, 6.07) is 1.65. The lowest BCUT2D eigenvalue weighted by atomic mass is 9.90. The minimum absolute atomic E-state index is 0.801. The summed E-state index contributed by atoms with van der Waals surface area (Å²) < 4.78 is 0. The first-order valence-electron chi connectivity index (χ1n) is 7.71. The first-order chi connectivity index (χ1) is 8.27. The van der Waals surface area contributed by atoms with Crippen LogP contribution in [0.5, 0.6) is 0 Å². The number of hydrogen-bond acceptors (Lipinski definition) is 2. The zero-order chi connectivity index (χ0) is 12.5. The highest BCUT2D eigenvalue weighted by Crippen LogP contribution is 2.22. The zero-order valence-electron chi connectivity index (χ0n) is 12.2. The van der Waals surface area contributed by atoms with Gasteiger partial charge in [-0.3, -0.25) is 0 Å². The number of rotatable bonds is 8. The van der Waals surface area contributed by atoms with Gasteiger partial charge in [-0.2, -0.15) is 0 Å². The molecule has 1 fully saturated rings. The molecule has 0 bridgehead atoms. The van der Waals surface area contributed by atoms with Crippen molar-refractivity contribution in [2.75, 3.05) is 20.1 Å². The Morgan fingerprint density at radius 1 is 1.00 bits per heavy atom. The van der Waals surface area contributed by atoms with E-state index in [0.29, 0.717) is 0 Å². The molecule has 0 aromatic carbocycles. The SMILES string of the molecule is CCCCCN(C)C1CCC(NCCC)CC1. The molecule has 2 heteroatoms. The molecule has 0 atom stereocenters. The molecule has 1 aliphatic carbocycles. The lowest BCUT2D eigenvalue weighted by molar-refractivity contribution is 0.172. The zero-order valence-corrected chi connectivity index (χ0v) is 12.2. The molecule has 0 unspecified atom stereocenters. The molecule has 1 aliphatic rings. The highest BCUT2D eigenvalue weighted by Gasteiger charge is 2.22. The van der Waals surface area contributed by atoms with E-state index in [0.717, 1.165) is 12.1 Å². The van der Waals surface area contributed by atoms with Crippen LogP contribution in [0.2, 0.25) is 0 Å². The smallest absolute Gasteiger partial charge is 0.00933 e. The van der Waals surface area contributed by atoms with Crippen LogP contribution in [0.1, 0.15) is 65.2 Å². The molecule has 0 aliphatic heterocycles. The summed E-state index contributed by atoms with van der Waals surface area (Å²) in [5.41, 5.74) is 0. The van der Waals surface area contributed by atoms with Crippen molar-refractivity contribution in [2.45, 2.75) is 77.3 Å². The van der Waals surface area contributed by atoms with Crippen molar-refractivity contribution in [3.63, 3.8) is 0 Å². The minimum Gasteiger partial charge on any atom is -0.314 e. The van der Waals surface area contributed by atoms with E-state index in [-0.39, 0.29) is 0 Å². The summed E-state index contributed by atoms with van der Waals surface area (Å²) in [6.45, 7) is 7.03. The monoisotopic (exact) mass is 240 g/mol. The van der Waals surface area contributed by atoms with E-state index in [4.69, 9.17) is 0 Å². The Labute approximate surface area is 108 Å². The Morgan fingerprint density at radius 2 is 1.71 bits per heavy atom. The van der Waals surface area contributed by atoms with Crippen molar-refractivity contribution in [2.24, 2.45) is 0 Å². The molecule has 0 heterocycles. The Hall–Kier alpha value is -0.0800. The Balaban J connectivity index is 2.12. The van der Waals surface area contributed by atoms with Crippen LogP contribution in [0, 0.1) is 0 Å². The minimum atomic E-state index is 0.801. The maximum absolute atomic E-state index is 3.66. The van der Waals surface area contributed by atoms with Gasteiger partial charge in [-0.25, -0.2) is 0 Å². The van der Waals surface area contributed by atoms with E-state index in [9.17, 15) is 0 Å². The molecule has 0 spiro atoms. The van der Waals surface area contributed by atoms with Crippen LogP contribution >= 0.6 is 0 Å². The van der Waals surface area contributed by atoms with Crippen LogP contribution in [0.25, 0.3) is 0 Å². The van der Waals surface area contributed by atoms with Crippen LogP contribution in [0.3, 0.4) is 0 Å². The van der Waals surface area contributed by atoms with Crippen molar-refractivity contribution < 1.29 is 0 Å². The van der Waals surface area contributed by atoms with Crippen LogP contribution in [0.4, 0.5) is 0 Å². The van der Waals surface area contributed by atoms with E-state index in [1.54, 1.807) is 0 Å². The summed E-state index contributed by atoms with van der Waals surface area (Å²) >= 11 is 0. The van der Waals surface area contributed by atoms with E-state index in [2.05, 4.69) is 31.1 Å². The standard InChI is InChI=1S/C15H32N2/c1-4-6-7-13-17(3)15-10-8-14(9-11-15)16-12-5-2/h14-16H,4-13H2,1-3H3. The van der Waals surface area contributed by atoms with Crippen LogP contribution in [0.15, 0.2) is 0 Å². The van der Waals surface area contributed by atoms with Crippen molar-refractivity contribution in [3.05, 3.63) is 0 Å². The third-order valence-corrected chi connectivity index (χ3v) is 4.12. The Kier molecular flexibility index (Phi) is 7.87. The van der Waals surface area contributed by atoms with Gasteiger partial charge in [0.1, 0.15) is 0 Å². The predicted octanol–water partition coefficient (Wildman–Crippen LogP) is 3.42. The number of nitrogens with zero attached hydrogens (tertiary/aromatic N) is 1. The van der Waals surface area contributed by atoms with E-state index in [1.807, 2.05) is 0 Å². The third kappa shape index (κ3) is 5.87. The summed E-state index contributed by atoms with van der Waals surface area (Å²) in [5, 5.41) is 3.66. The molecule has 1 N–H and O–H groups in total. The Bertz CT molecular complexity index is 174. The van der Waals surface area contributed by atoms with Gasteiger partial charge in [-0.15, -0.1) is 0 Å². The fourth-order valence-electron chi connectivity index (χ4n) is 2.86. The topological polar surface area (TPSA) is 15.3 Å². The van der Waals surface area contributed by atoms with Crippen LogP contribution in [-0.2, 0) is 0 Å². The lowest BCUT2D eigenvalue weighted by Crippen LogP contribution is -2.41. The summed E-state index contributed by atoms with van der Waals surface area (Å²) in [7, 11) is 2.32. The first-order valence-corrected chi connectivity index (χ1v) is 7.71. The van der Waals surface area contributed by atoms with Crippen molar-refractivity contribution >= 4 is 0 Å².